The maximum Gasteiger partial charge on any atom is 1.00 e. The molecule has 0 bridgehead atoms. The SMILES string of the molecule is O.O.O.O.O.O=S(=O)([O-])[O-].O=S(=O)([O-])[O-].O=S(=O)([O-])[O-].[Na+].[Na+].[Na+].[Na+].[Na+].[Na+]. The summed E-state index contributed by atoms with van der Waals surface area (Å²) < 4.78 is 102. The molecule has 0 heterocycles. The second kappa shape index (κ2) is 48.0. The Hall–Kier alpha value is 5.41. The summed E-state index contributed by atoms with van der Waals surface area (Å²) in [6.45, 7) is 0. The molecule has 0 saturated carbocycles. The third-order valence-electron chi connectivity index (χ3n) is 0. The minimum atomic E-state index is -5.17. The zero-order valence-electron chi connectivity index (χ0n) is 14.6. The van der Waals surface area contributed by atoms with Crippen LogP contribution in [0, 0.1) is 0 Å². The summed E-state index contributed by atoms with van der Waals surface area (Å²) in [5.41, 5.74) is 0. The third-order valence-corrected chi connectivity index (χ3v) is 0. The fourth-order valence-corrected chi connectivity index (χ4v) is 0. The Balaban J connectivity index is -0.00000000571. The predicted molar refractivity (Wildman–Crippen MR) is 49.5 cm³/mol. The van der Waals surface area contributed by atoms with Gasteiger partial charge in [0.1, 0.15) is 0 Å². The molecule has 0 rings (SSSR count). The standard InChI is InChI=1S/6Na.3H2O4S.5H2O/c;;;;;;3*1-5(2,3)4;;;;;/h;;;;;;3*(H2,1,2,3,4);5*1H2/q6*+1;;;;;;;;/p-6. The topological polar surface area (TPSA) is 398 Å². The van der Waals surface area contributed by atoms with E-state index in [-0.39, 0.29) is 205 Å². The smallest absolute Gasteiger partial charge is 0.759 e. The molecule has 0 aliphatic carbocycles. The molecule has 0 spiro atoms. The van der Waals surface area contributed by atoms with Crippen molar-refractivity contribution in [3.63, 3.8) is 0 Å². The van der Waals surface area contributed by atoms with Gasteiger partial charge in [-0.05, 0) is 0 Å². The van der Waals surface area contributed by atoms with Gasteiger partial charge < -0.3 is 54.7 Å². The van der Waals surface area contributed by atoms with Gasteiger partial charge in [-0.15, -0.1) is 0 Å². The molecule has 0 fully saturated rings. The van der Waals surface area contributed by atoms with Gasteiger partial charge in [-0.3, -0.25) is 25.3 Å². The van der Waals surface area contributed by atoms with E-state index in [9.17, 15) is 0 Å². The van der Waals surface area contributed by atoms with Crippen LogP contribution in [0.5, 0.6) is 0 Å². The fraction of sp³-hybridized carbons (Fsp3) is 0. The van der Waals surface area contributed by atoms with E-state index >= 15 is 0 Å². The molecule has 0 unspecified atom stereocenters. The first kappa shape index (κ1) is 95.8. The monoisotopic (exact) mass is 516 g/mol. The molecule has 17 nitrogen and oxygen atoms in total. The van der Waals surface area contributed by atoms with E-state index < -0.39 is 31.2 Å². The van der Waals surface area contributed by atoms with Gasteiger partial charge >= 0.3 is 177 Å². The molecule has 0 amide bonds. The maximum atomic E-state index is 8.52. The number of rotatable bonds is 0. The van der Waals surface area contributed by atoms with Crippen LogP contribution in [0.3, 0.4) is 0 Å². The van der Waals surface area contributed by atoms with Gasteiger partial charge in [0.2, 0.25) is 0 Å². The van der Waals surface area contributed by atoms with Crippen LogP contribution in [0.15, 0.2) is 0 Å². The number of hydrogen-bond donors (Lipinski definition) is 0. The second-order valence-electron chi connectivity index (χ2n) is 1.22. The van der Waals surface area contributed by atoms with E-state index in [1.165, 1.54) is 0 Å². The predicted octanol–water partition coefficient (Wildman–Crippen LogP) is -26.1. The van der Waals surface area contributed by atoms with Crippen molar-refractivity contribution in [1.29, 1.82) is 0 Å². The van der Waals surface area contributed by atoms with Gasteiger partial charge in [0, 0.05) is 31.2 Å². The molecule has 0 radical (unpaired) electrons. The molecule has 0 aliphatic heterocycles. The number of hydrogen-bond acceptors (Lipinski definition) is 12. The fourth-order valence-electron chi connectivity index (χ4n) is 0. The summed E-state index contributed by atoms with van der Waals surface area (Å²) in [7, 11) is -15.5. The molecule has 0 atom stereocenters. The van der Waals surface area contributed by atoms with Crippen LogP contribution < -0.4 is 177 Å². The van der Waals surface area contributed by atoms with Crippen molar-refractivity contribution in [2.45, 2.75) is 0 Å². The van der Waals surface area contributed by atoms with Crippen molar-refractivity contribution in [2.75, 3.05) is 0 Å². The molecular formula is H10Na6O17S3. The van der Waals surface area contributed by atoms with Crippen LogP contribution in [0.1, 0.15) is 0 Å². The summed E-state index contributed by atoms with van der Waals surface area (Å²) in [6.07, 6.45) is 0. The first-order valence-electron chi connectivity index (χ1n) is 2.00. The van der Waals surface area contributed by atoms with E-state index in [0.717, 1.165) is 0 Å². The molecule has 136 valence electrons. The molecule has 0 aliphatic rings. The van der Waals surface area contributed by atoms with Crippen LogP contribution in [0.4, 0.5) is 0 Å². The molecule has 10 N–H and O–H groups in total. The minimum Gasteiger partial charge on any atom is -0.759 e. The maximum absolute atomic E-state index is 8.52. The van der Waals surface area contributed by atoms with Gasteiger partial charge in [-0.1, -0.05) is 0 Å². The molecule has 0 saturated heterocycles. The van der Waals surface area contributed by atoms with Gasteiger partial charge in [-0.2, -0.15) is 0 Å². The van der Waals surface area contributed by atoms with Crippen LogP contribution in [-0.4, -0.2) is 80.0 Å². The Morgan fingerprint density at radius 1 is 0.308 bits per heavy atom. The largest absolute Gasteiger partial charge is 1.00 e. The molecule has 0 aromatic heterocycles. The summed E-state index contributed by atoms with van der Waals surface area (Å²) in [6, 6.07) is 0. The first-order valence-corrected chi connectivity index (χ1v) is 6.00. The minimum absolute atomic E-state index is 0. The Kier molecular flexibility index (Phi) is 177. The zero-order valence-corrected chi connectivity index (χ0v) is 29.1. The van der Waals surface area contributed by atoms with Crippen molar-refractivity contribution < 1.29 is 257 Å². The molecule has 0 aromatic carbocycles. The van der Waals surface area contributed by atoms with Crippen LogP contribution in [0.25, 0.3) is 0 Å². The Morgan fingerprint density at radius 3 is 0.308 bits per heavy atom. The van der Waals surface area contributed by atoms with Crippen LogP contribution in [-0.2, 0) is 31.2 Å². The van der Waals surface area contributed by atoms with Crippen molar-refractivity contribution >= 4 is 31.2 Å². The molecule has 26 heteroatoms. The molecule has 0 aromatic rings. The molecule has 26 heavy (non-hydrogen) atoms. The summed E-state index contributed by atoms with van der Waals surface area (Å²) >= 11 is 0. The van der Waals surface area contributed by atoms with Gasteiger partial charge in [0.15, 0.2) is 0 Å². The average molecular weight is 516 g/mol. The Labute approximate surface area is 282 Å². The van der Waals surface area contributed by atoms with Gasteiger partial charge in [0.25, 0.3) is 0 Å². The second-order valence-corrected chi connectivity index (χ2v) is 3.67. The quantitative estimate of drug-likeness (QED) is 0.164. The van der Waals surface area contributed by atoms with Gasteiger partial charge in [0.05, 0.1) is 0 Å². The zero-order chi connectivity index (χ0) is 13.5. The van der Waals surface area contributed by atoms with E-state index in [4.69, 9.17) is 52.6 Å². The van der Waals surface area contributed by atoms with Crippen LogP contribution in [0.2, 0.25) is 0 Å². The summed E-state index contributed by atoms with van der Waals surface area (Å²) in [4.78, 5) is 0. The Bertz CT molecular complexity index is 353. The van der Waals surface area contributed by atoms with Crippen molar-refractivity contribution in [2.24, 2.45) is 0 Å². The van der Waals surface area contributed by atoms with E-state index in [0.29, 0.717) is 0 Å². The first-order chi connectivity index (χ1) is 6.00. The van der Waals surface area contributed by atoms with Crippen molar-refractivity contribution in [1.82, 2.24) is 0 Å². The van der Waals surface area contributed by atoms with Crippen molar-refractivity contribution in [3.8, 4) is 0 Å². The van der Waals surface area contributed by atoms with E-state index in [2.05, 4.69) is 0 Å². The summed E-state index contributed by atoms with van der Waals surface area (Å²) in [5, 5.41) is 0. The third kappa shape index (κ3) is 811. The average Bonchev–Trinajstić information content (AvgIpc) is 1.41. The van der Waals surface area contributed by atoms with Crippen LogP contribution >= 0.6 is 0 Å². The van der Waals surface area contributed by atoms with E-state index in [1.807, 2.05) is 0 Å². The summed E-state index contributed by atoms with van der Waals surface area (Å²) in [5.74, 6) is 0. The Morgan fingerprint density at radius 2 is 0.308 bits per heavy atom. The van der Waals surface area contributed by atoms with Gasteiger partial charge in [-0.25, -0.2) is 0 Å². The van der Waals surface area contributed by atoms with Crippen molar-refractivity contribution in [3.05, 3.63) is 0 Å². The normalized spacial score (nSPS) is 6.69. The molecular weight excluding hydrogens is 506 g/mol. The van der Waals surface area contributed by atoms with E-state index in [1.54, 1.807) is 0 Å².